The monoisotopic (exact) mass is 324 g/mol. The van der Waals surface area contributed by atoms with Crippen molar-refractivity contribution in [3.05, 3.63) is 52.0 Å². The van der Waals surface area contributed by atoms with E-state index >= 15 is 0 Å². The summed E-state index contributed by atoms with van der Waals surface area (Å²) in [4.78, 5) is 0. The summed E-state index contributed by atoms with van der Waals surface area (Å²) in [5.74, 6) is 0.688. The number of hydrogen-bond donors (Lipinski definition) is 2. The summed E-state index contributed by atoms with van der Waals surface area (Å²) >= 11 is 11.8. The molecular weight excluding hydrogens is 311 g/mol. The minimum Gasteiger partial charge on any atom is -0.507 e. The lowest BCUT2D eigenvalue weighted by Gasteiger charge is -2.08. The van der Waals surface area contributed by atoms with E-state index in [1.165, 1.54) is 6.07 Å². The number of nitrogens with one attached hydrogen (secondary N) is 1. The molecule has 0 aliphatic carbocycles. The van der Waals surface area contributed by atoms with Gasteiger partial charge in [-0.05, 0) is 37.3 Å². The molecule has 2 rings (SSSR count). The number of nitrogens with zero attached hydrogens (tertiary/aromatic N) is 1. The number of anilines is 1. The van der Waals surface area contributed by atoms with Crippen LogP contribution in [0.15, 0.2) is 41.5 Å². The molecule has 2 N–H and O–H groups in total. The third kappa shape index (κ3) is 3.80. The smallest absolute Gasteiger partial charge is 0.128 e. The van der Waals surface area contributed by atoms with E-state index < -0.39 is 0 Å². The highest BCUT2D eigenvalue weighted by atomic mass is 35.5. The van der Waals surface area contributed by atoms with Crippen LogP contribution < -0.4 is 10.2 Å². The minimum atomic E-state index is 0.103. The zero-order valence-corrected chi connectivity index (χ0v) is 13.0. The molecule has 0 aliphatic rings. The van der Waals surface area contributed by atoms with Crippen LogP contribution in [0.2, 0.25) is 10.0 Å². The van der Waals surface area contributed by atoms with Crippen molar-refractivity contribution in [1.82, 2.24) is 0 Å². The predicted octanol–water partition coefficient (Wildman–Crippen LogP) is 4.54. The van der Waals surface area contributed by atoms with Gasteiger partial charge >= 0.3 is 0 Å². The summed E-state index contributed by atoms with van der Waals surface area (Å²) < 4.78 is 5.04. The van der Waals surface area contributed by atoms with E-state index in [1.807, 2.05) is 0 Å². The van der Waals surface area contributed by atoms with Crippen LogP contribution in [0, 0.1) is 0 Å². The molecule has 0 saturated carbocycles. The number of hydrazone groups is 1. The maximum atomic E-state index is 9.94. The summed E-state index contributed by atoms with van der Waals surface area (Å²) in [6.45, 7) is 1.78. The molecule has 0 saturated heterocycles. The first kappa shape index (κ1) is 15.5. The SMILES string of the molecule is COc1ccc(/C(C)=N/Nc2ccc(Cl)c(Cl)c2)c(O)c1. The van der Waals surface area contributed by atoms with Gasteiger partial charge in [0.25, 0.3) is 0 Å². The number of phenols is 1. The van der Waals surface area contributed by atoms with Gasteiger partial charge in [0.1, 0.15) is 11.5 Å². The number of halogens is 2. The quantitative estimate of drug-likeness (QED) is 0.641. The van der Waals surface area contributed by atoms with Gasteiger partial charge in [0, 0.05) is 11.6 Å². The van der Waals surface area contributed by atoms with Gasteiger partial charge in [0.2, 0.25) is 0 Å². The second-order valence-corrected chi connectivity index (χ2v) is 5.14. The number of benzene rings is 2. The number of hydrogen-bond acceptors (Lipinski definition) is 4. The zero-order chi connectivity index (χ0) is 15.4. The predicted molar refractivity (Wildman–Crippen MR) is 87.0 cm³/mol. The first-order valence-electron chi connectivity index (χ1n) is 6.14. The highest BCUT2D eigenvalue weighted by molar-refractivity contribution is 6.42. The van der Waals surface area contributed by atoms with Gasteiger partial charge in [-0.1, -0.05) is 23.2 Å². The van der Waals surface area contributed by atoms with E-state index in [1.54, 1.807) is 44.4 Å². The van der Waals surface area contributed by atoms with Crippen molar-refractivity contribution in [3.63, 3.8) is 0 Å². The summed E-state index contributed by atoms with van der Waals surface area (Å²) in [5, 5.41) is 15.1. The first-order chi connectivity index (χ1) is 10.0. The largest absolute Gasteiger partial charge is 0.507 e. The van der Waals surface area contributed by atoms with Crippen molar-refractivity contribution >= 4 is 34.6 Å². The van der Waals surface area contributed by atoms with Crippen LogP contribution in [-0.2, 0) is 0 Å². The molecule has 2 aromatic carbocycles. The topological polar surface area (TPSA) is 53.8 Å². The van der Waals surface area contributed by atoms with Crippen molar-refractivity contribution in [1.29, 1.82) is 0 Å². The van der Waals surface area contributed by atoms with Gasteiger partial charge in [-0.15, -0.1) is 0 Å². The molecule has 0 amide bonds. The van der Waals surface area contributed by atoms with Crippen LogP contribution in [0.1, 0.15) is 12.5 Å². The van der Waals surface area contributed by atoms with Crippen molar-refractivity contribution in [2.24, 2.45) is 5.10 Å². The van der Waals surface area contributed by atoms with E-state index in [-0.39, 0.29) is 5.75 Å². The molecular formula is C15H14Cl2N2O2. The van der Waals surface area contributed by atoms with Crippen molar-refractivity contribution in [2.75, 3.05) is 12.5 Å². The third-order valence-corrected chi connectivity index (χ3v) is 3.61. The maximum Gasteiger partial charge on any atom is 0.128 e. The zero-order valence-electron chi connectivity index (χ0n) is 11.5. The Kier molecular flexibility index (Phi) is 4.94. The van der Waals surface area contributed by atoms with E-state index in [9.17, 15) is 5.11 Å². The fourth-order valence-corrected chi connectivity index (χ4v) is 2.02. The fourth-order valence-electron chi connectivity index (χ4n) is 1.72. The number of ether oxygens (including phenoxy) is 1. The lowest BCUT2D eigenvalue weighted by atomic mass is 10.1. The molecule has 6 heteroatoms. The molecule has 4 nitrogen and oxygen atoms in total. The van der Waals surface area contributed by atoms with Crippen LogP contribution in [0.4, 0.5) is 5.69 Å². The van der Waals surface area contributed by atoms with Crippen LogP contribution >= 0.6 is 23.2 Å². The normalized spacial score (nSPS) is 11.3. The molecule has 0 unspecified atom stereocenters. The molecule has 0 heterocycles. The Morgan fingerprint density at radius 3 is 2.52 bits per heavy atom. The molecule has 0 spiro atoms. The second-order valence-electron chi connectivity index (χ2n) is 4.32. The standard InChI is InChI=1S/C15H14Cl2N2O2/c1-9(12-5-4-11(21-2)8-15(12)20)18-19-10-3-6-13(16)14(17)7-10/h3-8,19-20H,1-2H3/b18-9+. The summed E-state index contributed by atoms with van der Waals surface area (Å²) in [6, 6.07) is 10.2. The van der Waals surface area contributed by atoms with Gasteiger partial charge in [0.15, 0.2) is 0 Å². The Morgan fingerprint density at radius 1 is 1.14 bits per heavy atom. The molecule has 0 fully saturated rings. The molecule has 0 atom stereocenters. The third-order valence-electron chi connectivity index (χ3n) is 2.87. The van der Waals surface area contributed by atoms with Crippen LogP contribution in [-0.4, -0.2) is 17.9 Å². The number of phenolic OH excluding ortho intramolecular Hbond substituents is 1. The Balaban J connectivity index is 2.19. The molecule has 0 radical (unpaired) electrons. The van der Waals surface area contributed by atoms with E-state index in [2.05, 4.69) is 10.5 Å². The number of rotatable bonds is 4. The van der Waals surface area contributed by atoms with Gasteiger partial charge in [-0.2, -0.15) is 5.10 Å². The lowest BCUT2D eigenvalue weighted by molar-refractivity contribution is 0.407. The minimum absolute atomic E-state index is 0.103. The lowest BCUT2D eigenvalue weighted by Crippen LogP contribution is -2.00. The molecule has 21 heavy (non-hydrogen) atoms. The van der Waals surface area contributed by atoms with Crippen LogP contribution in [0.3, 0.4) is 0 Å². The van der Waals surface area contributed by atoms with Gasteiger partial charge in [0.05, 0.1) is 28.6 Å². The summed E-state index contributed by atoms with van der Waals surface area (Å²) in [7, 11) is 1.54. The van der Waals surface area contributed by atoms with Gasteiger partial charge in [-0.3, -0.25) is 5.43 Å². The molecule has 0 aromatic heterocycles. The van der Waals surface area contributed by atoms with Crippen LogP contribution in [0.25, 0.3) is 0 Å². The molecule has 2 aromatic rings. The molecule has 0 bridgehead atoms. The van der Waals surface area contributed by atoms with E-state index in [0.29, 0.717) is 32.8 Å². The average Bonchev–Trinajstić information content (AvgIpc) is 2.48. The average molecular weight is 325 g/mol. The van der Waals surface area contributed by atoms with E-state index in [4.69, 9.17) is 27.9 Å². The van der Waals surface area contributed by atoms with Crippen molar-refractivity contribution < 1.29 is 9.84 Å². The summed E-state index contributed by atoms with van der Waals surface area (Å²) in [5.41, 5.74) is 4.81. The Hall–Kier alpha value is -1.91. The fraction of sp³-hybridized carbons (Fsp3) is 0.133. The van der Waals surface area contributed by atoms with Gasteiger partial charge < -0.3 is 9.84 Å². The van der Waals surface area contributed by atoms with Crippen molar-refractivity contribution in [3.8, 4) is 11.5 Å². The Bertz CT molecular complexity index is 687. The van der Waals surface area contributed by atoms with Crippen LogP contribution in [0.5, 0.6) is 11.5 Å². The first-order valence-corrected chi connectivity index (χ1v) is 6.89. The number of aromatic hydroxyl groups is 1. The highest BCUT2D eigenvalue weighted by Crippen LogP contribution is 2.26. The summed E-state index contributed by atoms with van der Waals surface area (Å²) in [6.07, 6.45) is 0. The van der Waals surface area contributed by atoms with Crippen molar-refractivity contribution in [2.45, 2.75) is 6.92 Å². The molecule has 110 valence electrons. The second kappa shape index (κ2) is 6.70. The maximum absolute atomic E-state index is 9.94. The van der Waals surface area contributed by atoms with Gasteiger partial charge in [-0.25, -0.2) is 0 Å². The Morgan fingerprint density at radius 2 is 1.90 bits per heavy atom. The molecule has 0 aliphatic heterocycles. The highest BCUT2D eigenvalue weighted by Gasteiger charge is 2.06. The van der Waals surface area contributed by atoms with E-state index in [0.717, 1.165) is 0 Å². The number of methoxy groups -OCH3 is 1. The Labute approximate surface area is 133 Å².